The molecule has 0 bridgehead atoms. The van der Waals surface area contributed by atoms with Crippen molar-refractivity contribution in [2.45, 2.75) is 0 Å². The van der Waals surface area contributed by atoms with Gasteiger partial charge in [-0.05, 0) is 13.1 Å². The molecule has 0 fully saturated rings. The van der Waals surface area contributed by atoms with E-state index in [1.54, 1.807) is 18.0 Å². The third kappa shape index (κ3) is 4.73. The third-order valence-electron chi connectivity index (χ3n) is 2.52. The topological polar surface area (TPSA) is 41.6 Å². The zero-order chi connectivity index (χ0) is 13.7. The van der Waals surface area contributed by atoms with Crippen LogP contribution in [0.4, 0.5) is 0 Å². The van der Waals surface area contributed by atoms with Gasteiger partial charge in [0.2, 0.25) is 0 Å². The van der Waals surface area contributed by atoms with Gasteiger partial charge in [0, 0.05) is 26.2 Å². The first-order chi connectivity index (χ1) is 8.51. The van der Waals surface area contributed by atoms with Crippen molar-refractivity contribution in [3.8, 4) is 5.75 Å². The summed E-state index contributed by atoms with van der Waals surface area (Å²) in [6.45, 7) is 1.31. The van der Waals surface area contributed by atoms with Crippen molar-refractivity contribution in [3.63, 3.8) is 0 Å². The molecule has 1 N–H and O–H groups in total. The van der Waals surface area contributed by atoms with Gasteiger partial charge in [0.05, 0.1) is 22.7 Å². The van der Waals surface area contributed by atoms with Crippen LogP contribution in [0.3, 0.4) is 0 Å². The average Bonchev–Trinajstić information content (AvgIpc) is 2.37. The predicted octanol–water partition coefficient (Wildman–Crippen LogP) is 2.72. The van der Waals surface area contributed by atoms with E-state index in [1.807, 2.05) is 7.05 Å². The number of amides is 1. The number of halogens is 3. The number of carbonyl (C=O) groups is 1. The van der Waals surface area contributed by atoms with E-state index in [0.717, 1.165) is 0 Å². The van der Waals surface area contributed by atoms with E-state index in [9.17, 15) is 4.79 Å². The summed E-state index contributed by atoms with van der Waals surface area (Å²) in [5.41, 5.74) is 0.408. The van der Waals surface area contributed by atoms with Crippen LogP contribution in [0.1, 0.15) is 10.4 Å². The van der Waals surface area contributed by atoms with Gasteiger partial charge >= 0.3 is 0 Å². The van der Waals surface area contributed by atoms with Crippen LogP contribution in [0.2, 0.25) is 10.0 Å². The van der Waals surface area contributed by atoms with Gasteiger partial charge in [0.25, 0.3) is 5.91 Å². The molecule has 0 atom stereocenters. The maximum absolute atomic E-state index is 12.2. The van der Waals surface area contributed by atoms with Gasteiger partial charge in [0.1, 0.15) is 5.75 Å². The molecule has 0 unspecified atom stereocenters. The number of rotatable bonds is 5. The Balaban J connectivity index is 0.00000324. The lowest BCUT2D eigenvalue weighted by atomic mass is 10.1. The van der Waals surface area contributed by atoms with Gasteiger partial charge in [-0.1, -0.05) is 23.2 Å². The molecule has 0 saturated carbocycles. The fraction of sp³-hybridized carbons (Fsp3) is 0.417. The van der Waals surface area contributed by atoms with E-state index in [0.29, 0.717) is 34.4 Å². The molecule has 1 amide bonds. The van der Waals surface area contributed by atoms with Crippen LogP contribution in [-0.4, -0.2) is 45.1 Å². The summed E-state index contributed by atoms with van der Waals surface area (Å²) in [6, 6.07) is 3.07. The highest BCUT2D eigenvalue weighted by molar-refractivity contribution is 6.42. The highest BCUT2D eigenvalue weighted by Crippen LogP contribution is 2.31. The van der Waals surface area contributed by atoms with Crippen LogP contribution >= 0.6 is 35.6 Å². The normalized spacial score (nSPS) is 9.74. The SMILES string of the molecule is CNCCN(C)C(=O)c1cc(Cl)c(Cl)cc1OC.Cl. The molecular formula is C12H17Cl3N2O2. The number of methoxy groups -OCH3 is 1. The monoisotopic (exact) mass is 326 g/mol. The molecule has 0 aliphatic rings. The van der Waals surface area contributed by atoms with Crippen molar-refractivity contribution in [3.05, 3.63) is 27.7 Å². The molecule has 0 aliphatic heterocycles. The van der Waals surface area contributed by atoms with E-state index in [4.69, 9.17) is 27.9 Å². The first-order valence-electron chi connectivity index (χ1n) is 5.44. The smallest absolute Gasteiger partial charge is 0.257 e. The van der Waals surface area contributed by atoms with Gasteiger partial charge in [-0.3, -0.25) is 4.79 Å². The molecule has 4 nitrogen and oxygen atoms in total. The standard InChI is InChI=1S/C12H16Cl2N2O2.ClH/c1-15-4-5-16(2)12(17)8-6-9(13)10(14)7-11(8)18-3;/h6-7,15H,4-5H2,1-3H3;1H. The minimum Gasteiger partial charge on any atom is -0.496 e. The van der Waals surface area contributed by atoms with E-state index >= 15 is 0 Å². The molecule has 1 aromatic rings. The molecule has 0 spiro atoms. The average molecular weight is 328 g/mol. The molecule has 7 heteroatoms. The van der Waals surface area contributed by atoms with E-state index in [1.165, 1.54) is 13.2 Å². The molecule has 19 heavy (non-hydrogen) atoms. The van der Waals surface area contributed by atoms with Crippen LogP contribution in [-0.2, 0) is 0 Å². The zero-order valence-electron chi connectivity index (χ0n) is 11.0. The zero-order valence-corrected chi connectivity index (χ0v) is 13.3. The van der Waals surface area contributed by atoms with Crippen LogP contribution < -0.4 is 10.1 Å². The number of ether oxygens (including phenoxy) is 1. The van der Waals surface area contributed by atoms with Gasteiger partial charge in [-0.2, -0.15) is 0 Å². The molecule has 0 radical (unpaired) electrons. The second kappa shape index (κ2) is 8.48. The highest BCUT2D eigenvalue weighted by Gasteiger charge is 2.18. The minimum absolute atomic E-state index is 0. The summed E-state index contributed by atoms with van der Waals surface area (Å²) in [6.07, 6.45) is 0. The maximum Gasteiger partial charge on any atom is 0.257 e. The van der Waals surface area contributed by atoms with E-state index < -0.39 is 0 Å². The quantitative estimate of drug-likeness (QED) is 0.904. The molecule has 0 aromatic heterocycles. The van der Waals surface area contributed by atoms with Crippen molar-refractivity contribution in [1.82, 2.24) is 10.2 Å². The van der Waals surface area contributed by atoms with Crippen LogP contribution in [0, 0.1) is 0 Å². The predicted molar refractivity (Wildman–Crippen MR) is 81.1 cm³/mol. The number of hydrogen-bond acceptors (Lipinski definition) is 3. The summed E-state index contributed by atoms with van der Waals surface area (Å²) >= 11 is 11.8. The van der Waals surface area contributed by atoms with Crippen LogP contribution in [0.15, 0.2) is 12.1 Å². The Kier molecular flexibility index (Phi) is 8.18. The fourth-order valence-corrected chi connectivity index (χ4v) is 1.77. The maximum atomic E-state index is 12.2. The Hall–Kier alpha value is -0.680. The van der Waals surface area contributed by atoms with Crippen molar-refractivity contribution in [1.29, 1.82) is 0 Å². The van der Waals surface area contributed by atoms with Gasteiger partial charge in [-0.15, -0.1) is 12.4 Å². The Labute approximate surface area is 129 Å². The second-order valence-electron chi connectivity index (χ2n) is 3.80. The number of carbonyl (C=O) groups excluding carboxylic acids is 1. The number of likely N-dealkylation sites (N-methyl/N-ethyl adjacent to an activating group) is 2. The number of nitrogens with one attached hydrogen (secondary N) is 1. The van der Waals surface area contributed by atoms with E-state index in [2.05, 4.69) is 5.32 Å². The summed E-state index contributed by atoms with van der Waals surface area (Å²) in [4.78, 5) is 13.8. The van der Waals surface area contributed by atoms with Crippen LogP contribution in [0.5, 0.6) is 5.75 Å². The largest absolute Gasteiger partial charge is 0.496 e. The summed E-state index contributed by atoms with van der Waals surface area (Å²) < 4.78 is 5.15. The van der Waals surface area contributed by atoms with Crippen molar-refractivity contribution < 1.29 is 9.53 Å². The lowest BCUT2D eigenvalue weighted by Crippen LogP contribution is -2.33. The van der Waals surface area contributed by atoms with E-state index in [-0.39, 0.29) is 18.3 Å². The minimum atomic E-state index is -0.152. The Morgan fingerprint density at radius 2 is 1.95 bits per heavy atom. The molecular weight excluding hydrogens is 311 g/mol. The molecule has 0 aliphatic carbocycles. The Bertz CT molecular complexity index is 441. The summed E-state index contributed by atoms with van der Waals surface area (Å²) in [5.74, 6) is 0.270. The Morgan fingerprint density at radius 3 is 2.47 bits per heavy atom. The summed E-state index contributed by atoms with van der Waals surface area (Å²) in [5, 5.41) is 3.68. The fourth-order valence-electron chi connectivity index (χ4n) is 1.45. The molecule has 108 valence electrons. The third-order valence-corrected chi connectivity index (χ3v) is 3.24. The molecule has 0 saturated heterocycles. The molecule has 0 heterocycles. The molecule has 1 aromatic carbocycles. The molecule has 1 rings (SSSR count). The van der Waals surface area contributed by atoms with Gasteiger partial charge < -0.3 is 15.0 Å². The first kappa shape index (κ1) is 18.3. The first-order valence-corrected chi connectivity index (χ1v) is 6.20. The number of hydrogen-bond donors (Lipinski definition) is 1. The second-order valence-corrected chi connectivity index (χ2v) is 4.61. The summed E-state index contributed by atoms with van der Waals surface area (Å²) in [7, 11) is 5.05. The van der Waals surface area contributed by atoms with Crippen molar-refractivity contribution >= 4 is 41.5 Å². The van der Waals surface area contributed by atoms with Gasteiger partial charge in [-0.25, -0.2) is 0 Å². The number of nitrogens with zero attached hydrogens (tertiary/aromatic N) is 1. The van der Waals surface area contributed by atoms with Crippen LogP contribution in [0.25, 0.3) is 0 Å². The lowest BCUT2D eigenvalue weighted by Gasteiger charge is -2.18. The number of benzene rings is 1. The van der Waals surface area contributed by atoms with Crippen molar-refractivity contribution in [2.24, 2.45) is 0 Å². The van der Waals surface area contributed by atoms with Gasteiger partial charge in [0.15, 0.2) is 0 Å². The highest BCUT2D eigenvalue weighted by atomic mass is 35.5. The van der Waals surface area contributed by atoms with Crippen molar-refractivity contribution in [2.75, 3.05) is 34.3 Å². The Morgan fingerprint density at radius 1 is 1.37 bits per heavy atom. The lowest BCUT2D eigenvalue weighted by molar-refractivity contribution is 0.0793.